The Morgan fingerprint density at radius 1 is 1.14 bits per heavy atom. The van der Waals surface area contributed by atoms with E-state index in [4.69, 9.17) is 9.88 Å². The minimum absolute atomic E-state index is 0.0711. The summed E-state index contributed by atoms with van der Waals surface area (Å²) in [6.07, 6.45) is 1.71. The molecule has 0 fully saturated rings. The zero-order valence-electron chi connectivity index (χ0n) is 11.8. The van der Waals surface area contributed by atoms with Gasteiger partial charge in [0.05, 0.1) is 17.7 Å². The van der Waals surface area contributed by atoms with Crippen molar-refractivity contribution in [1.29, 1.82) is 0 Å². The van der Waals surface area contributed by atoms with Gasteiger partial charge in [0.25, 0.3) is 0 Å². The zero-order valence-corrected chi connectivity index (χ0v) is 12.6. The first-order valence-corrected chi connectivity index (χ1v) is 7.76. The fourth-order valence-electron chi connectivity index (χ4n) is 1.85. The number of primary sulfonamides is 1. The molecule has 2 N–H and O–H groups in total. The van der Waals surface area contributed by atoms with E-state index in [-0.39, 0.29) is 4.90 Å². The number of rotatable bonds is 4. The van der Waals surface area contributed by atoms with Gasteiger partial charge in [-0.3, -0.25) is 4.99 Å². The molecule has 21 heavy (non-hydrogen) atoms. The highest BCUT2D eigenvalue weighted by Gasteiger charge is 2.06. The highest BCUT2D eigenvalue weighted by atomic mass is 32.2. The van der Waals surface area contributed by atoms with E-state index >= 15 is 0 Å². The molecule has 5 nitrogen and oxygen atoms in total. The van der Waals surface area contributed by atoms with Gasteiger partial charge in [-0.15, -0.1) is 0 Å². The normalized spacial score (nSPS) is 11.8. The van der Waals surface area contributed by atoms with Crippen molar-refractivity contribution in [3.05, 3.63) is 53.6 Å². The number of hydrogen-bond donors (Lipinski definition) is 1. The van der Waals surface area contributed by atoms with Crippen molar-refractivity contribution >= 4 is 21.9 Å². The van der Waals surface area contributed by atoms with Crippen LogP contribution in [0.25, 0.3) is 0 Å². The molecule has 6 heteroatoms. The number of hydrogen-bond acceptors (Lipinski definition) is 4. The van der Waals surface area contributed by atoms with Gasteiger partial charge in [0, 0.05) is 6.21 Å². The minimum atomic E-state index is -3.67. The van der Waals surface area contributed by atoms with Gasteiger partial charge in [-0.05, 0) is 60.5 Å². The van der Waals surface area contributed by atoms with E-state index in [1.807, 2.05) is 25.1 Å². The molecule has 0 bridgehead atoms. The first kappa shape index (κ1) is 15.2. The third-order valence-corrected chi connectivity index (χ3v) is 3.88. The van der Waals surface area contributed by atoms with E-state index < -0.39 is 10.0 Å². The molecule has 0 aliphatic carbocycles. The average Bonchev–Trinajstić information content (AvgIpc) is 2.45. The quantitative estimate of drug-likeness (QED) is 0.881. The van der Waals surface area contributed by atoms with Crippen LogP contribution >= 0.6 is 0 Å². The second-order valence-electron chi connectivity index (χ2n) is 4.53. The minimum Gasteiger partial charge on any atom is -0.496 e. The Labute approximate surface area is 124 Å². The summed E-state index contributed by atoms with van der Waals surface area (Å²) in [5.41, 5.74) is 2.60. The molecule has 0 aliphatic rings. The fourth-order valence-corrected chi connectivity index (χ4v) is 2.37. The molecule has 0 saturated heterocycles. The lowest BCUT2D eigenvalue weighted by atomic mass is 10.1. The summed E-state index contributed by atoms with van der Waals surface area (Å²) in [6, 6.07) is 11.8. The summed E-state index contributed by atoms with van der Waals surface area (Å²) in [5.74, 6) is 0.824. The Morgan fingerprint density at radius 3 is 2.33 bits per heavy atom. The lowest BCUT2D eigenvalue weighted by Gasteiger charge is -2.04. The monoisotopic (exact) mass is 304 g/mol. The molecule has 0 saturated carbocycles. The molecular formula is C15H16N2O3S. The van der Waals surface area contributed by atoms with Crippen LogP contribution in [0.5, 0.6) is 5.75 Å². The third kappa shape index (κ3) is 3.90. The highest BCUT2D eigenvalue weighted by molar-refractivity contribution is 7.89. The second kappa shape index (κ2) is 6.07. The number of benzene rings is 2. The smallest absolute Gasteiger partial charge is 0.238 e. The lowest BCUT2D eigenvalue weighted by Crippen LogP contribution is -2.11. The van der Waals surface area contributed by atoms with Crippen molar-refractivity contribution < 1.29 is 13.2 Å². The van der Waals surface area contributed by atoms with Gasteiger partial charge in [0.2, 0.25) is 10.0 Å². The Morgan fingerprint density at radius 2 is 1.81 bits per heavy atom. The standard InChI is InChI=1S/C15H16N2O3S/c1-11-9-12(3-8-15(11)20-2)10-17-13-4-6-14(7-5-13)21(16,18)19/h3-10H,1-2H3,(H2,16,18,19)/b17-10+. The first-order chi connectivity index (χ1) is 9.90. The van der Waals surface area contributed by atoms with Crippen molar-refractivity contribution in [3.8, 4) is 5.75 Å². The molecule has 0 unspecified atom stereocenters. The van der Waals surface area contributed by atoms with E-state index in [2.05, 4.69) is 4.99 Å². The van der Waals surface area contributed by atoms with Crippen LogP contribution in [-0.2, 0) is 10.0 Å². The molecule has 0 spiro atoms. The van der Waals surface area contributed by atoms with Gasteiger partial charge >= 0.3 is 0 Å². The van der Waals surface area contributed by atoms with Crippen molar-refractivity contribution in [2.24, 2.45) is 10.1 Å². The predicted octanol–water partition coefficient (Wildman–Crippen LogP) is 2.40. The van der Waals surface area contributed by atoms with E-state index in [0.717, 1.165) is 16.9 Å². The third-order valence-electron chi connectivity index (χ3n) is 2.95. The summed E-state index contributed by atoms with van der Waals surface area (Å²) < 4.78 is 27.5. The van der Waals surface area contributed by atoms with E-state index in [0.29, 0.717) is 5.69 Å². The van der Waals surface area contributed by atoms with Crippen molar-refractivity contribution in [2.75, 3.05) is 7.11 Å². The molecule has 0 heterocycles. The van der Waals surface area contributed by atoms with Crippen LogP contribution in [0, 0.1) is 6.92 Å². The Bertz CT molecular complexity index is 766. The molecule has 0 amide bonds. The van der Waals surface area contributed by atoms with Gasteiger partial charge in [-0.25, -0.2) is 13.6 Å². The maximum Gasteiger partial charge on any atom is 0.238 e. The summed E-state index contributed by atoms with van der Waals surface area (Å²) in [4.78, 5) is 4.37. The van der Waals surface area contributed by atoms with Crippen molar-refractivity contribution in [1.82, 2.24) is 0 Å². The summed E-state index contributed by atoms with van der Waals surface area (Å²) in [6.45, 7) is 1.96. The number of ether oxygens (including phenoxy) is 1. The number of nitrogens with zero attached hydrogens (tertiary/aromatic N) is 1. The summed E-state index contributed by atoms with van der Waals surface area (Å²) in [5, 5.41) is 5.04. The van der Waals surface area contributed by atoms with Gasteiger partial charge in [-0.1, -0.05) is 0 Å². The second-order valence-corrected chi connectivity index (χ2v) is 6.09. The Hall–Kier alpha value is -2.18. The Balaban J connectivity index is 2.19. The van der Waals surface area contributed by atoms with E-state index in [1.54, 1.807) is 25.5 Å². The number of aryl methyl sites for hydroxylation is 1. The van der Waals surface area contributed by atoms with Crippen LogP contribution in [0.3, 0.4) is 0 Å². The molecule has 0 atom stereocenters. The van der Waals surface area contributed by atoms with Crippen LogP contribution in [0.1, 0.15) is 11.1 Å². The number of aliphatic imine (C=N–C) groups is 1. The molecule has 0 radical (unpaired) electrons. The van der Waals surface area contributed by atoms with Crippen LogP contribution in [-0.4, -0.2) is 21.7 Å². The molecule has 2 rings (SSSR count). The predicted molar refractivity (Wildman–Crippen MR) is 82.8 cm³/mol. The summed E-state index contributed by atoms with van der Waals surface area (Å²) in [7, 11) is -2.04. The van der Waals surface area contributed by atoms with Gasteiger partial charge < -0.3 is 4.74 Å². The molecular weight excluding hydrogens is 288 g/mol. The van der Waals surface area contributed by atoms with Crippen LogP contribution in [0.15, 0.2) is 52.4 Å². The van der Waals surface area contributed by atoms with Crippen molar-refractivity contribution in [2.45, 2.75) is 11.8 Å². The first-order valence-electron chi connectivity index (χ1n) is 6.22. The highest BCUT2D eigenvalue weighted by Crippen LogP contribution is 2.19. The zero-order chi connectivity index (χ0) is 15.5. The lowest BCUT2D eigenvalue weighted by molar-refractivity contribution is 0.411. The maximum absolute atomic E-state index is 11.1. The van der Waals surface area contributed by atoms with Gasteiger partial charge in [0.15, 0.2) is 0 Å². The van der Waals surface area contributed by atoms with Crippen LogP contribution in [0.2, 0.25) is 0 Å². The van der Waals surface area contributed by atoms with E-state index in [9.17, 15) is 8.42 Å². The van der Waals surface area contributed by atoms with Gasteiger partial charge in [-0.2, -0.15) is 0 Å². The van der Waals surface area contributed by atoms with Gasteiger partial charge in [0.1, 0.15) is 5.75 Å². The number of methoxy groups -OCH3 is 1. The number of nitrogens with two attached hydrogens (primary N) is 1. The largest absolute Gasteiger partial charge is 0.496 e. The van der Waals surface area contributed by atoms with E-state index in [1.165, 1.54) is 12.1 Å². The molecule has 2 aromatic carbocycles. The number of sulfonamides is 1. The molecule has 2 aromatic rings. The SMILES string of the molecule is COc1ccc(/C=N/c2ccc(S(N)(=O)=O)cc2)cc1C. The Kier molecular flexibility index (Phi) is 4.40. The van der Waals surface area contributed by atoms with Crippen molar-refractivity contribution in [3.63, 3.8) is 0 Å². The topological polar surface area (TPSA) is 81.8 Å². The fraction of sp³-hybridized carbons (Fsp3) is 0.133. The molecule has 110 valence electrons. The molecule has 0 aromatic heterocycles. The average molecular weight is 304 g/mol. The van der Waals surface area contributed by atoms with Crippen LogP contribution < -0.4 is 9.88 Å². The van der Waals surface area contributed by atoms with Crippen LogP contribution in [0.4, 0.5) is 5.69 Å². The maximum atomic E-state index is 11.1. The summed E-state index contributed by atoms with van der Waals surface area (Å²) >= 11 is 0. The molecule has 0 aliphatic heterocycles.